The van der Waals surface area contributed by atoms with E-state index in [1.165, 1.54) is 0 Å². The van der Waals surface area contributed by atoms with E-state index in [-0.39, 0.29) is 6.61 Å². The zero-order valence-electron chi connectivity index (χ0n) is 7.17. The summed E-state index contributed by atoms with van der Waals surface area (Å²) in [4.78, 5) is 22.3. The Labute approximate surface area is 79.3 Å². The predicted molar refractivity (Wildman–Crippen MR) is 42.3 cm³/mol. The molecule has 3 aliphatic heterocycles. The van der Waals surface area contributed by atoms with Gasteiger partial charge in [0.1, 0.15) is 24.0 Å². The van der Waals surface area contributed by atoms with Crippen molar-refractivity contribution in [2.45, 2.75) is 11.7 Å². The number of carbonyl (C=O) groups is 2. The highest BCUT2D eigenvalue weighted by Gasteiger charge is 2.66. The molecule has 3 rings (SSSR count). The molecule has 1 N–H and O–H groups in total. The van der Waals surface area contributed by atoms with E-state index in [1.807, 2.05) is 0 Å². The number of esters is 1. The number of rotatable bonds is 1. The minimum atomic E-state index is -0.995. The molecule has 0 aromatic carbocycles. The van der Waals surface area contributed by atoms with Gasteiger partial charge in [-0.15, -0.1) is 0 Å². The Kier molecular flexibility index (Phi) is 1.24. The van der Waals surface area contributed by atoms with Crippen LogP contribution in [0.2, 0.25) is 0 Å². The van der Waals surface area contributed by atoms with Crippen LogP contribution >= 0.6 is 0 Å². The number of hydrogen-bond acceptors (Lipinski definition) is 4. The van der Waals surface area contributed by atoms with Crippen molar-refractivity contribution in [3.8, 4) is 0 Å². The number of carboxylic acid groups (broad SMARTS) is 1. The first kappa shape index (κ1) is 7.99. The minimum absolute atomic E-state index is 0.146. The number of hydrogen-bond donors (Lipinski definition) is 1. The van der Waals surface area contributed by atoms with E-state index in [2.05, 4.69) is 0 Å². The van der Waals surface area contributed by atoms with Crippen LogP contribution in [0, 0.1) is 11.8 Å². The Bertz CT molecular complexity index is 360. The standard InChI is InChI=1S/C9H8O5/c10-7(11)5-4-1-2-9(14-4)3-13-8(12)6(5)9/h1-2,4-6H,3H2,(H,10,11)/t4-,5-,6+,9-/m0/s1. The first-order valence-electron chi connectivity index (χ1n) is 4.41. The number of carbonyl (C=O) groups excluding carboxylic acids is 1. The molecule has 3 aliphatic rings. The van der Waals surface area contributed by atoms with Crippen LogP contribution in [0.15, 0.2) is 12.2 Å². The summed E-state index contributed by atoms with van der Waals surface area (Å²) in [5.74, 6) is -2.89. The van der Waals surface area contributed by atoms with Crippen LogP contribution in [0.1, 0.15) is 0 Å². The van der Waals surface area contributed by atoms with Gasteiger partial charge in [-0.25, -0.2) is 0 Å². The lowest BCUT2D eigenvalue weighted by atomic mass is 9.77. The zero-order valence-corrected chi connectivity index (χ0v) is 7.17. The number of cyclic esters (lactones) is 1. The van der Waals surface area contributed by atoms with Crippen molar-refractivity contribution < 1.29 is 24.2 Å². The Morgan fingerprint density at radius 1 is 1.64 bits per heavy atom. The SMILES string of the molecule is O=C(O)[C@H]1[C@@H]2C=C[C@@]3(COC(=O)[C@@H]13)O2. The van der Waals surface area contributed by atoms with Gasteiger partial charge in [0, 0.05) is 0 Å². The number of fused-ring (bicyclic) bond motifs is 1. The summed E-state index contributed by atoms with van der Waals surface area (Å²) < 4.78 is 10.3. The average Bonchev–Trinajstić information content (AvgIpc) is 2.75. The van der Waals surface area contributed by atoms with Crippen LogP contribution in [0.5, 0.6) is 0 Å². The maximum atomic E-state index is 11.4. The van der Waals surface area contributed by atoms with Crippen molar-refractivity contribution in [1.29, 1.82) is 0 Å². The lowest BCUT2D eigenvalue weighted by molar-refractivity contribution is -0.152. The van der Waals surface area contributed by atoms with E-state index in [9.17, 15) is 9.59 Å². The van der Waals surface area contributed by atoms with Crippen LogP contribution in [0.25, 0.3) is 0 Å². The van der Waals surface area contributed by atoms with Crippen molar-refractivity contribution in [2.24, 2.45) is 11.8 Å². The first-order valence-corrected chi connectivity index (χ1v) is 4.41. The van der Waals surface area contributed by atoms with Gasteiger partial charge in [0.25, 0.3) is 0 Å². The van der Waals surface area contributed by atoms with Gasteiger partial charge in [0.15, 0.2) is 0 Å². The highest BCUT2D eigenvalue weighted by Crippen LogP contribution is 2.50. The predicted octanol–water partition coefficient (Wildman–Crippen LogP) is -0.432. The van der Waals surface area contributed by atoms with Gasteiger partial charge in [0.2, 0.25) is 0 Å². The molecule has 5 nitrogen and oxygen atoms in total. The molecule has 14 heavy (non-hydrogen) atoms. The summed E-state index contributed by atoms with van der Waals surface area (Å²) in [5.41, 5.74) is -0.787. The summed E-state index contributed by atoms with van der Waals surface area (Å²) in [5, 5.41) is 8.98. The van der Waals surface area contributed by atoms with Gasteiger partial charge < -0.3 is 14.6 Å². The van der Waals surface area contributed by atoms with Gasteiger partial charge in [-0.05, 0) is 6.08 Å². The third-order valence-corrected chi connectivity index (χ3v) is 3.14. The highest BCUT2D eigenvalue weighted by atomic mass is 16.6. The molecule has 0 saturated carbocycles. The van der Waals surface area contributed by atoms with Gasteiger partial charge in [-0.3, -0.25) is 9.59 Å². The maximum absolute atomic E-state index is 11.4. The minimum Gasteiger partial charge on any atom is -0.481 e. The van der Waals surface area contributed by atoms with E-state index in [0.717, 1.165) is 0 Å². The number of carboxylic acids is 1. The fourth-order valence-corrected chi connectivity index (χ4v) is 2.53. The van der Waals surface area contributed by atoms with Crippen molar-refractivity contribution in [1.82, 2.24) is 0 Å². The van der Waals surface area contributed by atoms with E-state index in [4.69, 9.17) is 14.6 Å². The van der Waals surface area contributed by atoms with Gasteiger partial charge in [-0.1, -0.05) is 6.08 Å². The Balaban J connectivity index is 2.08. The lowest BCUT2D eigenvalue weighted by Gasteiger charge is -2.19. The maximum Gasteiger partial charge on any atom is 0.313 e. The van der Waals surface area contributed by atoms with Crippen LogP contribution in [0.3, 0.4) is 0 Å². The molecule has 0 unspecified atom stereocenters. The molecule has 5 heteroatoms. The Morgan fingerprint density at radius 2 is 2.43 bits per heavy atom. The third kappa shape index (κ3) is 0.698. The second-order valence-electron chi connectivity index (χ2n) is 3.85. The fraction of sp³-hybridized carbons (Fsp3) is 0.556. The van der Waals surface area contributed by atoms with Gasteiger partial charge in [-0.2, -0.15) is 0 Å². The monoisotopic (exact) mass is 196 g/mol. The van der Waals surface area contributed by atoms with Crippen LogP contribution in [0.4, 0.5) is 0 Å². The molecule has 0 aliphatic carbocycles. The molecule has 1 spiro atoms. The molecular weight excluding hydrogens is 188 g/mol. The van der Waals surface area contributed by atoms with Crippen LogP contribution < -0.4 is 0 Å². The van der Waals surface area contributed by atoms with E-state index >= 15 is 0 Å². The Hall–Kier alpha value is -1.36. The van der Waals surface area contributed by atoms with Gasteiger partial charge in [0.05, 0.1) is 6.10 Å². The van der Waals surface area contributed by atoms with Crippen molar-refractivity contribution in [2.75, 3.05) is 6.61 Å². The molecule has 4 atom stereocenters. The molecule has 0 amide bonds. The summed E-state index contributed by atoms with van der Waals surface area (Å²) in [6, 6.07) is 0. The Morgan fingerprint density at radius 3 is 3.14 bits per heavy atom. The number of aliphatic carboxylic acids is 1. The summed E-state index contributed by atoms with van der Waals surface area (Å²) >= 11 is 0. The first-order chi connectivity index (χ1) is 6.64. The van der Waals surface area contributed by atoms with Crippen LogP contribution in [-0.2, 0) is 19.1 Å². The largest absolute Gasteiger partial charge is 0.481 e. The number of ether oxygens (including phenoxy) is 2. The summed E-state index contributed by atoms with van der Waals surface area (Å²) in [6.07, 6.45) is 2.99. The van der Waals surface area contributed by atoms with E-state index in [1.54, 1.807) is 12.2 Å². The van der Waals surface area contributed by atoms with Crippen LogP contribution in [-0.4, -0.2) is 35.4 Å². The normalized spacial score (nSPS) is 48.0. The second kappa shape index (κ2) is 2.17. The average molecular weight is 196 g/mol. The highest BCUT2D eigenvalue weighted by molar-refractivity contribution is 5.86. The third-order valence-electron chi connectivity index (χ3n) is 3.14. The topological polar surface area (TPSA) is 72.8 Å². The fourth-order valence-electron chi connectivity index (χ4n) is 2.53. The van der Waals surface area contributed by atoms with Crippen molar-refractivity contribution >= 4 is 11.9 Å². The molecule has 2 fully saturated rings. The molecule has 2 bridgehead atoms. The molecule has 2 saturated heterocycles. The quantitative estimate of drug-likeness (QED) is 0.455. The molecule has 3 heterocycles. The molecule has 0 aromatic rings. The molecule has 0 aromatic heterocycles. The van der Waals surface area contributed by atoms with Crippen molar-refractivity contribution in [3.63, 3.8) is 0 Å². The zero-order chi connectivity index (χ0) is 9.92. The van der Waals surface area contributed by atoms with Gasteiger partial charge >= 0.3 is 11.9 Å². The molecular formula is C9H8O5. The lowest BCUT2D eigenvalue weighted by Crippen LogP contribution is -2.38. The van der Waals surface area contributed by atoms with E-state index < -0.39 is 35.5 Å². The summed E-state index contributed by atoms with van der Waals surface area (Å²) in [7, 11) is 0. The van der Waals surface area contributed by atoms with E-state index in [0.29, 0.717) is 0 Å². The second-order valence-corrected chi connectivity index (χ2v) is 3.85. The molecule has 0 radical (unpaired) electrons. The molecule has 74 valence electrons. The summed E-state index contributed by atoms with van der Waals surface area (Å²) in [6.45, 7) is 0.146. The van der Waals surface area contributed by atoms with Crippen molar-refractivity contribution in [3.05, 3.63) is 12.2 Å². The smallest absolute Gasteiger partial charge is 0.313 e.